The number of thiocarbonyl (C=S) groups is 1. The monoisotopic (exact) mass is 441 g/mol. The first-order valence-corrected chi connectivity index (χ1v) is 11.3. The fraction of sp³-hybridized carbons (Fsp3) is 0.435. The highest BCUT2D eigenvalue weighted by Crippen LogP contribution is 2.43. The second-order valence-corrected chi connectivity index (χ2v) is 10.0. The van der Waals surface area contributed by atoms with Crippen LogP contribution in [0.25, 0.3) is 0 Å². The zero-order valence-electron chi connectivity index (χ0n) is 17.8. The Balaban J connectivity index is 1.69. The molecule has 3 rings (SSSR count). The van der Waals surface area contributed by atoms with Crippen LogP contribution in [0.3, 0.4) is 0 Å². The number of hydrogen-bond donors (Lipinski definition) is 2. The number of hydrogen-bond acceptors (Lipinski definition) is 5. The predicted molar refractivity (Wildman–Crippen MR) is 125 cm³/mol. The summed E-state index contributed by atoms with van der Waals surface area (Å²) in [5.74, 6) is 1.00. The Morgan fingerprint density at radius 3 is 2.63 bits per heavy atom. The van der Waals surface area contributed by atoms with Crippen LogP contribution in [0.1, 0.15) is 60.5 Å². The topological polar surface area (TPSA) is 74.2 Å². The van der Waals surface area contributed by atoms with Crippen molar-refractivity contribution in [3.63, 3.8) is 0 Å². The van der Waals surface area contributed by atoms with E-state index in [9.17, 15) is 10.1 Å². The Labute approximate surface area is 187 Å². The van der Waals surface area contributed by atoms with Crippen molar-refractivity contribution < 1.29 is 9.53 Å². The Morgan fingerprint density at radius 1 is 1.33 bits per heavy atom. The van der Waals surface area contributed by atoms with E-state index in [1.165, 1.54) is 4.88 Å². The van der Waals surface area contributed by atoms with Crippen LogP contribution in [0.5, 0.6) is 5.75 Å². The highest BCUT2D eigenvalue weighted by Gasteiger charge is 2.32. The summed E-state index contributed by atoms with van der Waals surface area (Å²) in [4.78, 5) is 13.7. The third-order valence-corrected chi connectivity index (χ3v) is 6.86. The van der Waals surface area contributed by atoms with Gasteiger partial charge >= 0.3 is 0 Å². The number of nitriles is 1. The molecule has 1 heterocycles. The van der Waals surface area contributed by atoms with Gasteiger partial charge in [0, 0.05) is 10.4 Å². The van der Waals surface area contributed by atoms with Gasteiger partial charge in [-0.15, -0.1) is 11.3 Å². The van der Waals surface area contributed by atoms with Gasteiger partial charge in [-0.25, -0.2) is 0 Å². The summed E-state index contributed by atoms with van der Waals surface area (Å²) in [5.41, 5.74) is 2.51. The Kier molecular flexibility index (Phi) is 6.79. The first kappa shape index (κ1) is 22.3. The maximum Gasteiger partial charge on any atom is 0.257 e. The number of thiophene rings is 1. The normalized spacial score (nSPS) is 15.6. The van der Waals surface area contributed by atoms with Gasteiger partial charge in [0.25, 0.3) is 5.91 Å². The number of ether oxygens (including phenoxy) is 1. The average molecular weight is 442 g/mol. The van der Waals surface area contributed by atoms with Crippen molar-refractivity contribution >= 4 is 39.6 Å². The molecule has 0 radical (unpaired) electrons. The number of benzene rings is 1. The van der Waals surface area contributed by atoms with Crippen molar-refractivity contribution in [1.29, 1.82) is 5.26 Å². The lowest BCUT2D eigenvalue weighted by molar-refractivity contribution is 0.0977. The van der Waals surface area contributed by atoms with Crippen LogP contribution in [0.15, 0.2) is 24.3 Å². The third kappa shape index (κ3) is 5.00. The summed E-state index contributed by atoms with van der Waals surface area (Å²) in [6, 6.07) is 9.22. The van der Waals surface area contributed by atoms with Gasteiger partial charge in [0.05, 0.1) is 12.2 Å². The highest BCUT2D eigenvalue weighted by atomic mass is 32.1. The fourth-order valence-electron chi connectivity index (χ4n) is 3.71. The van der Waals surface area contributed by atoms with Gasteiger partial charge in [-0.2, -0.15) is 5.26 Å². The molecule has 2 aromatic rings. The Hall–Kier alpha value is -2.43. The molecule has 7 heteroatoms. The molecular formula is C23H27N3O2S2. The molecule has 0 bridgehead atoms. The van der Waals surface area contributed by atoms with Gasteiger partial charge in [-0.05, 0) is 79.6 Å². The maximum atomic E-state index is 12.5. The van der Waals surface area contributed by atoms with E-state index in [-0.39, 0.29) is 16.4 Å². The van der Waals surface area contributed by atoms with Crippen molar-refractivity contribution in [2.75, 3.05) is 11.9 Å². The Bertz CT molecular complexity index is 982. The molecule has 30 heavy (non-hydrogen) atoms. The summed E-state index contributed by atoms with van der Waals surface area (Å²) in [5, 5.41) is 16.4. The standard InChI is InChI=1S/C23H27N3O2S2/c1-5-28-16-9-6-14(7-10-16)20(27)25-22(29)26-21-18(13-24)17-11-8-15(23(2,3)4)12-19(17)30-21/h6-7,9-10,15H,5,8,11-12H2,1-4H3,(H2,25,26,27,29)/t15-/m1/s1. The van der Waals surface area contributed by atoms with Gasteiger partial charge in [0.1, 0.15) is 16.8 Å². The molecule has 0 aliphatic heterocycles. The van der Waals surface area contributed by atoms with E-state index >= 15 is 0 Å². The second-order valence-electron chi connectivity index (χ2n) is 8.49. The summed E-state index contributed by atoms with van der Waals surface area (Å²) in [6.07, 6.45) is 2.97. The number of rotatable bonds is 4. The van der Waals surface area contributed by atoms with Gasteiger partial charge in [-0.3, -0.25) is 10.1 Å². The molecular weight excluding hydrogens is 414 g/mol. The lowest BCUT2D eigenvalue weighted by Gasteiger charge is -2.33. The fourth-order valence-corrected chi connectivity index (χ4v) is 5.25. The first-order chi connectivity index (χ1) is 14.2. The number of nitrogens with one attached hydrogen (secondary N) is 2. The summed E-state index contributed by atoms with van der Waals surface area (Å²) in [7, 11) is 0. The minimum Gasteiger partial charge on any atom is -0.494 e. The molecule has 0 unspecified atom stereocenters. The molecule has 1 aromatic carbocycles. The summed E-state index contributed by atoms with van der Waals surface area (Å²) in [6.45, 7) is 9.29. The molecule has 5 nitrogen and oxygen atoms in total. The molecule has 0 saturated heterocycles. The lowest BCUT2D eigenvalue weighted by atomic mass is 9.72. The van der Waals surface area contributed by atoms with Crippen molar-refractivity contribution in [1.82, 2.24) is 5.32 Å². The third-order valence-electron chi connectivity index (χ3n) is 5.48. The number of carbonyl (C=O) groups is 1. The minimum absolute atomic E-state index is 0.191. The average Bonchev–Trinajstić information content (AvgIpc) is 3.03. The highest BCUT2D eigenvalue weighted by molar-refractivity contribution is 7.80. The summed E-state index contributed by atoms with van der Waals surface area (Å²) >= 11 is 6.92. The molecule has 158 valence electrons. The van der Waals surface area contributed by atoms with Gasteiger partial charge in [-0.1, -0.05) is 20.8 Å². The van der Waals surface area contributed by atoms with E-state index in [1.807, 2.05) is 6.92 Å². The van der Waals surface area contributed by atoms with Crippen LogP contribution < -0.4 is 15.4 Å². The van der Waals surface area contributed by atoms with Gasteiger partial charge in [0.2, 0.25) is 0 Å². The molecule has 2 N–H and O–H groups in total. The van der Waals surface area contributed by atoms with Gasteiger partial charge < -0.3 is 10.1 Å². The zero-order valence-corrected chi connectivity index (χ0v) is 19.4. The van der Waals surface area contributed by atoms with Crippen molar-refractivity contribution in [2.24, 2.45) is 11.3 Å². The van der Waals surface area contributed by atoms with E-state index in [2.05, 4.69) is 37.5 Å². The minimum atomic E-state index is -0.303. The van der Waals surface area contributed by atoms with Crippen LogP contribution >= 0.6 is 23.6 Å². The van der Waals surface area contributed by atoms with Crippen molar-refractivity contribution in [2.45, 2.75) is 47.0 Å². The van der Waals surface area contributed by atoms with E-state index in [0.29, 0.717) is 34.4 Å². The van der Waals surface area contributed by atoms with E-state index in [4.69, 9.17) is 17.0 Å². The zero-order chi connectivity index (χ0) is 21.9. The van der Waals surface area contributed by atoms with Crippen LogP contribution in [-0.4, -0.2) is 17.6 Å². The van der Waals surface area contributed by atoms with E-state index in [1.54, 1.807) is 35.6 Å². The van der Waals surface area contributed by atoms with Crippen LogP contribution in [-0.2, 0) is 12.8 Å². The first-order valence-electron chi connectivity index (χ1n) is 10.1. The molecule has 1 aromatic heterocycles. The van der Waals surface area contributed by atoms with E-state index < -0.39 is 0 Å². The molecule has 0 spiro atoms. The van der Waals surface area contributed by atoms with Crippen LogP contribution in [0.4, 0.5) is 5.00 Å². The smallest absolute Gasteiger partial charge is 0.257 e. The van der Waals surface area contributed by atoms with Crippen molar-refractivity contribution in [3.05, 3.63) is 45.8 Å². The second kappa shape index (κ2) is 9.15. The molecule has 1 atom stereocenters. The molecule has 1 amide bonds. The largest absolute Gasteiger partial charge is 0.494 e. The van der Waals surface area contributed by atoms with Crippen LogP contribution in [0.2, 0.25) is 0 Å². The lowest BCUT2D eigenvalue weighted by Crippen LogP contribution is -2.34. The van der Waals surface area contributed by atoms with E-state index in [0.717, 1.165) is 24.8 Å². The molecule has 1 aliphatic carbocycles. The van der Waals surface area contributed by atoms with Crippen LogP contribution in [0, 0.1) is 22.7 Å². The SMILES string of the molecule is CCOc1ccc(C(=O)NC(=S)Nc2sc3c(c2C#N)CC[C@@H](C(C)(C)C)C3)cc1. The summed E-state index contributed by atoms with van der Waals surface area (Å²) < 4.78 is 5.40. The number of amides is 1. The number of fused-ring (bicyclic) bond motifs is 1. The van der Waals surface area contributed by atoms with Crippen molar-refractivity contribution in [3.8, 4) is 11.8 Å². The maximum absolute atomic E-state index is 12.5. The number of anilines is 1. The van der Waals surface area contributed by atoms with Gasteiger partial charge in [0.15, 0.2) is 5.11 Å². The molecule has 0 fully saturated rings. The number of carbonyl (C=O) groups excluding carboxylic acids is 1. The quantitative estimate of drug-likeness (QED) is 0.630. The molecule has 0 saturated carbocycles. The Morgan fingerprint density at radius 2 is 2.03 bits per heavy atom. The number of nitrogens with zero attached hydrogens (tertiary/aromatic N) is 1. The molecule has 1 aliphatic rings. The predicted octanol–water partition coefficient (Wildman–Crippen LogP) is 5.30.